The molecule has 29 heavy (non-hydrogen) atoms. The molecule has 0 spiro atoms. The number of nitrogens with zero attached hydrogens (tertiary/aromatic N) is 3. The predicted octanol–water partition coefficient (Wildman–Crippen LogP) is 3.23. The minimum absolute atomic E-state index is 0.148. The Balaban J connectivity index is 1.45. The van der Waals surface area contributed by atoms with Crippen molar-refractivity contribution in [2.75, 3.05) is 19.7 Å². The Morgan fingerprint density at radius 2 is 1.86 bits per heavy atom. The monoisotopic (exact) mass is 408 g/mol. The second-order valence-electron chi connectivity index (χ2n) is 7.09. The SMILES string of the molecule is O=C(c1cn[nH]c1C(F)(F)F)N1CCC(N2C(=O)OC[C@H]2c2ccccc2)CC1. The number of ether oxygens (including phenoxy) is 1. The first-order valence-electron chi connectivity index (χ1n) is 9.26. The molecule has 2 fully saturated rings. The number of aromatic nitrogens is 2. The van der Waals surface area contributed by atoms with Crippen molar-refractivity contribution in [3.63, 3.8) is 0 Å². The van der Waals surface area contributed by atoms with Crippen molar-refractivity contribution in [2.45, 2.75) is 31.1 Å². The molecule has 1 N–H and O–H groups in total. The first-order chi connectivity index (χ1) is 13.9. The first kappa shape index (κ1) is 19.3. The molecule has 1 atom stereocenters. The Kier molecular flexibility index (Phi) is 4.93. The maximum atomic E-state index is 13.0. The van der Waals surface area contributed by atoms with Gasteiger partial charge in [-0.1, -0.05) is 30.3 Å². The van der Waals surface area contributed by atoms with Gasteiger partial charge in [0.1, 0.15) is 6.61 Å². The van der Waals surface area contributed by atoms with Crippen LogP contribution in [0.25, 0.3) is 0 Å². The van der Waals surface area contributed by atoms with Crippen molar-refractivity contribution < 1.29 is 27.5 Å². The predicted molar refractivity (Wildman–Crippen MR) is 94.9 cm³/mol. The summed E-state index contributed by atoms with van der Waals surface area (Å²) in [6.07, 6.45) is -3.26. The van der Waals surface area contributed by atoms with Gasteiger partial charge < -0.3 is 9.64 Å². The molecular formula is C19H19F3N4O3. The van der Waals surface area contributed by atoms with Crippen LogP contribution in [0.5, 0.6) is 0 Å². The third kappa shape index (κ3) is 3.66. The summed E-state index contributed by atoms with van der Waals surface area (Å²) in [5.74, 6) is -0.715. The molecule has 1 aromatic carbocycles. The van der Waals surface area contributed by atoms with E-state index in [9.17, 15) is 22.8 Å². The number of hydrogen-bond acceptors (Lipinski definition) is 4. The lowest BCUT2D eigenvalue weighted by atomic mass is 9.98. The van der Waals surface area contributed by atoms with E-state index in [1.54, 1.807) is 4.90 Å². The Bertz CT molecular complexity index is 892. The van der Waals surface area contributed by atoms with E-state index in [2.05, 4.69) is 5.10 Å². The van der Waals surface area contributed by atoms with Crippen molar-refractivity contribution >= 4 is 12.0 Å². The highest BCUT2D eigenvalue weighted by Crippen LogP contribution is 2.34. The van der Waals surface area contributed by atoms with E-state index < -0.39 is 29.4 Å². The van der Waals surface area contributed by atoms with Crippen LogP contribution in [0.2, 0.25) is 0 Å². The highest BCUT2D eigenvalue weighted by Gasteiger charge is 2.42. The third-order valence-corrected chi connectivity index (χ3v) is 5.39. The number of aromatic amines is 1. The number of H-pyrrole nitrogens is 1. The number of piperidine rings is 1. The number of cyclic esters (lactones) is 1. The molecule has 4 rings (SSSR count). The Morgan fingerprint density at radius 1 is 1.17 bits per heavy atom. The van der Waals surface area contributed by atoms with E-state index in [0.717, 1.165) is 11.8 Å². The molecule has 2 aliphatic rings. The average Bonchev–Trinajstić information content (AvgIpc) is 3.35. The molecule has 1 aromatic heterocycles. The number of alkyl halides is 3. The number of likely N-dealkylation sites (tertiary alicyclic amines) is 1. The Morgan fingerprint density at radius 3 is 2.52 bits per heavy atom. The third-order valence-electron chi connectivity index (χ3n) is 5.39. The van der Waals surface area contributed by atoms with E-state index in [0.29, 0.717) is 12.8 Å². The number of rotatable bonds is 3. The van der Waals surface area contributed by atoms with Crippen LogP contribution < -0.4 is 0 Å². The zero-order valence-corrected chi connectivity index (χ0v) is 15.4. The maximum absolute atomic E-state index is 13.0. The van der Waals surface area contributed by atoms with Gasteiger partial charge >= 0.3 is 12.3 Å². The summed E-state index contributed by atoms with van der Waals surface area (Å²) in [4.78, 5) is 27.9. The Labute approximate surface area is 164 Å². The minimum atomic E-state index is -4.68. The molecule has 154 valence electrons. The first-order valence-corrected chi connectivity index (χ1v) is 9.26. The number of halogens is 3. The van der Waals surface area contributed by atoms with Crippen molar-refractivity contribution in [1.29, 1.82) is 0 Å². The molecule has 0 aliphatic carbocycles. The van der Waals surface area contributed by atoms with Crippen molar-refractivity contribution in [1.82, 2.24) is 20.0 Å². The van der Waals surface area contributed by atoms with Crippen molar-refractivity contribution in [2.24, 2.45) is 0 Å². The summed E-state index contributed by atoms with van der Waals surface area (Å²) in [6, 6.07) is 9.17. The number of benzene rings is 1. The van der Waals surface area contributed by atoms with Gasteiger partial charge in [-0.15, -0.1) is 0 Å². The van der Waals surface area contributed by atoms with Gasteiger partial charge in [0, 0.05) is 19.1 Å². The van der Waals surface area contributed by atoms with E-state index in [-0.39, 0.29) is 31.8 Å². The average molecular weight is 408 g/mol. The molecule has 2 amide bonds. The van der Waals surface area contributed by atoms with E-state index in [1.807, 2.05) is 35.4 Å². The van der Waals surface area contributed by atoms with Gasteiger partial charge in [0.15, 0.2) is 5.69 Å². The van der Waals surface area contributed by atoms with E-state index in [1.165, 1.54) is 4.90 Å². The molecule has 0 unspecified atom stereocenters. The Hall–Kier alpha value is -3.04. The second kappa shape index (κ2) is 7.41. The van der Waals surface area contributed by atoms with Crippen LogP contribution >= 0.6 is 0 Å². The molecule has 0 radical (unpaired) electrons. The van der Waals surface area contributed by atoms with Crippen LogP contribution in [-0.2, 0) is 10.9 Å². The van der Waals surface area contributed by atoms with E-state index in [4.69, 9.17) is 4.74 Å². The molecule has 0 bridgehead atoms. The zero-order chi connectivity index (χ0) is 20.6. The number of carbonyl (C=O) groups is 2. The van der Waals surface area contributed by atoms with Crippen molar-refractivity contribution in [3.05, 3.63) is 53.3 Å². The molecule has 10 heteroatoms. The zero-order valence-electron chi connectivity index (χ0n) is 15.4. The molecule has 2 saturated heterocycles. The number of carbonyl (C=O) groups excluding carboxylic acids is 2. The lowest BCUT2D eigenvalue weighted by molar-refractivity contribution is -0.141. The normalized spacial score (nSPS) is 20.8. The summed E-state index contributed by atoms with van der Waals surface area (Å²) in [5.41, 5.74) is -0.666. The van der Waals surface area contributed by atoms with E-state index >= 15 is 0 Å². The van der Waals surface area contributed by atoms with Crippen LogP contribution in [0.1, 0.15) is 40.5 Å². The highest BCUT2D eigenvalue weighted by molar-refractivity contribution is 5.95. The van der Waals surface area contributed by atoms with Crippen LogP contribution in [0, 0.1) is 0 Å². The van der Waals surface area contributed by atoms with Crippen molar-refractivity contribution in [3.8, 4) is 0 Å². The van der Waals surface area contributed by atoms with Crippen LogP contribution in [0.15, 0.2) is 36.5 Å². The summed E-state index contributed by atoms with van der Waals surface area (Å²) in [5, 5.41) is 5.23. The highest BCUT2D eigenvalue weighted by atomic mass is 19.4. The van der Waals surface area contributed by atoms with Gasteiger partial charge in [-0.25, -0.2) is 4.79 Å². The standard InChI is InChI=1S/C19H19F3N4O3/c20-19(21,22)16-14(10-23-24-16)17(27)25-8-6-13(7-9-25)26-15(11-29-18(26)28)12-4-2-1-3-5-12/h1-5,10,13,15H,6-9,11H2,(H,23,24)/t15-/m0/s1. The molecular weight excluding hydrogens is 389 g/mol. The quantitative estimate of drug-likeness (QED) is 0.846. The number of hydrogen-bond donors (Lipinski definition) is 1. The van der Waals surface area contributed by atoms with Gasteiger partial charge in [0.25, 0.3) is 5.91 Å². The van der Waals surface area contributed by atoms with Crippen LogP contribution in [0.4, 0.5) is 18.0 Å². The van der Waals surface area contributed by atoms with Crippen LogP contribution in [-0.4, -0.2) is 57.7 Å². The molecule has 7 nitrogen and oxygen atoms in total. The topological polar surface area (TPSA) is 78.5 Å². The van der Waals surface area contributed by atoms with Gasteiger partial charge in [-0.3, -0.25) is 14.8 Å². The lowest BCUT2D eigenvalue weighted by Gasteiger charge is -2.38. The summed E-state index contributed by atoms with van der Waals surface area (Å²) >= 11 is 0. The fourth-order valence-corrected chi connectivity index (χ4v) is 3.95. The van der Waals surface area contributed by atoms with Gasteiger partial charge in [0.2, 0.25) is 0 Å². The van der Waals surface area contributed by atoms with Gasteiger partial charge in [-0.05, 0) is 18.4 Å². The lowest BCUT2D eigenvalue weighted by Crippen LogP contribution is -2.48. The summed E-state index contributed by atoms with van der Waals surface area (Å²) in [6.45, 7) is 0.750. The minimum Gasteiger partial charge on any atom is -0.447 e. The fraction of sp³-hybridized carbons (Fsp3) is 0.421. The number of amides is 2. The smallest absolute Gasteiger partial charge is 0.433 e. The van der Waals surface area contributed by atoms with Gasteiger partial charge in [-0.2, -0.15) is 18.3 Å². The molecule has 0 saturated carbocycles. The summed E-state index contributed by atoms with van der Waals surface area (Å²) in [7, 11) is 0. The molecule has 2 aromatic rings. The largest absolute Gasteiger partial charge is 0.447 e. The maximum Gasteiger partial charge on any atom is 0.433 e. The molecule has 2 aliphatic heterocycles. The molecule has 3 heterocycles. The van der Waals surface area contributed by atoms with Crippen LogP contribution in [0.3, 0.4) is 0 Å². The number of nitrogens with one attached hydrogen (secondary N) is 1. The fourth-order valence-electron chi connectivity index (χ4n) is 3.95. The summed E-state index contributed by atoms with van der Waals surface area (Å²) < 4.78 is 44.3. The van der Waals surface area contributed by atoms with Gasteiger partial charge in [0.05, 0.1) is 17.8 Å². The second-order valence-corrected chi connectivity index (χ2v) is 7.09.